The second-order valence-corrected chi connectivity index (χ2v) is 9.35. The summed E-state index contributed by atoms with van der Waals surface area (Å²) in [6, 6.07) is 9.62. The number of nitrogens with one attached hydrogen (secondary N) is 2. The van der Waals surface area contributed by atoms with Crippen LogP contribution in [-0.4, -0.2) is 34.7 Å². The number of hydrogen-bond donors (Lipinski definition) is 2. The Morgan fingerprint density at radius 3 is 2.06 bits per heavy atom. The zero-order valence-corrected chi connectivity index (χ0v) is 19.6. The Hall–Kier alpha value is -3.29. The van der Waals surface area contributed by atoms with Crippen LogP contribution >= 0.6 is 0 Å². The summed E-state index contributed by atoms with van der Waals surface area (Å²) in [5.41, 5.74) is -0.0899. The van der Waals surface area contributed by atoms with Crippen molar-refractivity contribution >= 4 is 23.4 Å². The third-order valence-corrected chi connectivity index (χ3v) is 6.95. The van der Waals surface area contributed by atoms with Crippen LogP contribution in [0.2, 0.25) is 0 Å². The molecular weight excluding hydrogens is 452 g/mol. The van der Waals surface area contributed by atoms with Crippen molar-refractivity contribution in [2.45, 2.75) is 75.9 Å². The van der Waals surface area contributed by atoms with Gasteiger partial charge in [0, 0.05) is 17.6 Å². The van der Waals surface area contributed by atoms with Gasteiger partial charge in [0.25, 0.3) is 0 Å². The molecule has 8 heteroatoms. The molecule has 0 saturated heterocycles. The van der Waals surface area contributed by atoms with E-state index in [1.165, 1.54) is 41.3 Å². The van der Waals surface area contributed by atoms with E-state index in [0.717, 1.165) is 44.9 Å². The summed E-state index contributed by atoms with van der Waals surface area (Å²) >= 11 is 0. The van der Waals surface area contributed by atoms with Crippen LogP contribution in [0, 0.1) is 11.6 Å². The molecule has 2 aliphatic carbocycles. The second-order valence-electron chi connectivity index (χ2n) is 9.35. The van der Waals surface area contributed by atoms with Gasteiger partial charge in [-0.15, -0.1) is 0 Å². The first-order chi connectivity index (χ1) is 17.0. The molecule has 0 spiro atoms. The molecule has 35 heavy (non-hydrogen) atoms. The molecule has 4 rings (SSSR count). The molecule has 186 valence electrons. The van der Waals surface area contributed by atoms with Gasteiger partial charge in [-0.25, -0.2) is 8.78 Å². The molecule has 2 aromatic carbocycles. The molecule has 2 saturated carbocycles. The molecule has 0 bridgehead atoms. The van der Waals surface area contributed by atoms with Gasteiger partial charge < -0.3 is 15.5 Å². The van der Waals surface area contributed by atoms with E-state index in [4.69, 9.17) is 0 Å². The summed E-state index contributed by atoms with van der Waals surface area (Å²) in [4.78, 5) is 41.5. The molecule has 0 aromatic heterocycles. The van der Waals surface area contributed by atoms with Gasteiger partial charge in [0.2, 0.25) is 5.91 Å². The van der Waals surface area contributed by atoms with E-state index in [-0.39, 0.29) is 17.3 Å². The largest absolute Gasteiger partial charge is 0.351 e. The summed E-state index contributed by atoms with van der Waals surface area (Å²) in [6.45, 7) is 0. The van der Waals surface area contributed by atoms with Crippen LogP contribution in [-0.2, 0) is 14.4 Å². The van der Waals surface area contributed by atoms with E-state index in [0.29, 0.717) is 12.8 Å². The second kappa shape index (κ2) is 11.4. The predicted octanol–water partition coefficient (Wildman–Crippen LogP) is 4.86. The van der Waals surface area contributed by atoms with Gasteiger partial charge >= 0.3 is 11.8 Å². The Labute approximate surface area is 204 Å². The van der Waals surface area contributed by atoms with Crippen molar-refractivity contribution in [3.63, 3.8) is 0 Å². The number of benzene rings is 2. The van der Waals surface area contributed by atoms with Gasteiger partial charge in [0.05, 0.1) is 5.69 Å². The lowest BCUT2D eigenvalue weighted by Crippen LogP contribution is -2.53. The van der Waals surface area contributed by atoms with E-state index in [1.807, 2.05) is 0 Å². The minimum Gasteiger partial charge on any atom is -0.351 e. The normalized spacial score (nSPS) is 17.5. The van der Waals surface area contributed by atoms with Crippen molar-refractivity contribution in [1.29, 1.82) is 0 Å². The number of halogens is 2. The molecule has 3 amide bonds. The van der Waals surface area contributed by atoms with Crippen molar-refractivity contribution in [2.75, 3.05) is 5.32 Å². The predicted molar refractivity (Wildman–Crippen MR) is 128 cm³/mol. The van der Waals surface area contributed by atoms with Gasteiger partial charge in [-0.2, -0.15) is 0 Å². The maximum absolute atomic E-state index is 15.0. The standard InChI is InChI=1S/C27H31F2N3O3/c28-21-15-7-6-14-20(21)24(25(33)30-18-10-4-5-11-18)32(19-12-2-1-3-13-19)27(35)26(34)31-23-17-9-8-16-22(23)29/h6-9,14-19,24H,1-5,10-13H2,(H,30,33)(H,31,34)/t24-/m0/s1. The molecule has 2 fully saturated rings. The molecule has 2 N–H and O–H groups in total. The minimum atomic E-state index is -1.31. The van der Waals surface area contributed by atoms with E-state index in [2.05, 4.69) is 10.6 Å². The first kappa shape index (κ1) is 24.8. The van der Waals surface area contributed by atoms with Gasteiger partial charge in [-0.1, -0.05) is 62.4 Å². The summed E-state index contributed by atoms with van der Waals surface area (Å²) in [7, 11) is 0. The van der Waals surface area contributed by atoms with E-state index in [9.17, 15) is 18.8 Å². The molecule has 2 aliphatic rings. The molecule has 1 atom stereocenters. The van der Waals surface area contributed by atoms with Crippen LogP contribution in [0.1, 0.15) is 69.4 Å². The first-order valence-corrected chi connectivity index (χ1v) is 12.4. The molecule has 2 aromatic rings. The van der Waals surface area contributed by atoms with Crippen LogP contribution in [0.25, 0.3) is 0 Å². The van der Waals surface area contributed by atoms with Crippen molar-refractivity contribution in [1.82, 2.24) is 10.2 Å². The fourth-order valence-corrected chi connectivity index (χ4v) is 5.17. The average molecular weight is 484 g/mol. The smallest absolute Gasteiger partial charge is 0.314 e. The van der Waals surface area contributed by atoms with Crippen LogP contribution in [0.15, 0.2) is 48.5 Å². The highest BCUT2D eigenvalue weighted by Crippen LogP contribution is 2.33. The van der Waals surface area contributed by atoms with E-state index >= 15 is 4.39 Å². The van der Waals surface area contributed by atoms with Gasteiger partial charge in [0.15, 0.2) is 0 Å². The number of para-hydroxylation sites is 1. The van der Waals surface area contributed by atoms with Crippen LogP contribution in [0.3, 0.4) is 0 Å². The zero-order chi connectivity index (χ0) is 24.8. The summed E-state index contributed by atoms with van der Waals surface area (Å²) < 4.78 is 29.2. The maximum Gasteiger partial charge on any atom is 0.314 e. The molecule has 0 heterocycles. The fourth-order valence-electron chi connectivity index (χ4n) is 5.17. The van der Waals surface area contributed by atoms with Crippen molar-refractivity contribution in [2.24, 2.45) is 0 Å². The van der Waals surface area contributed by atoms with Crippen molar-refractivity contribution in [3.05, 3.63) is 65.7 Å². The zero-order valence-electron chi connectivity index (χ0n) is 19.6. The lowest BCUT2D eigenvalue weighted by molar-refractivity contribution is -0.151. The third kappa shape index (κ3) is 5.86. The highest BCUT2D eigenvalue weighted by Gasteiger charge is 2.41. The topological polar surface area (TPSA) is 78.5 Å². The van der Waals surface area contributed by atoms with Crippen molar-refractivity contribution in [3.8, 4) is 0 Å². The number of anilines is 1. The number of rotatable bonds is 6. The summed E-state index contributed by atoms with van der Waals surface area (Å²) in [6.07, 6.45) is 7.47. The lowest BCUT2D eigenvalue weighted by Gasteiger charge is -2.39. The SMILES string of the molecule is O=C(Nc1ccccc1F)C(=O)N(C1CCCCC1)[C@H](C(=O)NC1CCCC1)c1ccccc1F. The average Bonchev–Trinajstić information content (AvgIpc) is 3.37. The quantitative estimate of drug-likeness (QED) is 0.576. The van der Waals surface area contributed by atoms with E-state index < -0.39 is 41.4 Å². The van der Waals surface area contributed by atoms with Gasteiger partial charge in [-0.3, -0.25) is 14.4 Å². The minimum absolute atomic E-state index is 0.0422. The highest BCUT2D eigenvalue weighted by molar-refractivity contribution is 6.40. The summed E-state index contributed by atoms with van der Waals surface area (Å²) in [5, 5.41) is 5.32. The molecule has 0 unspecified atom stereocenters. The third-order valence-electron chi connectivity index (χ3n) is 6.95. The Balaban J connectivity index is 1.70. The Morgan fingerprint density at radius 1 is 0.800 bits per heavy atom. The summed E-state index contributed by atoms with van der Waals surface area (Å²) in [5.74, 6) is -3.84. The van der Waals surface area contributed by atoms with Crippen LogP contribution in [0.5, 0.6) is 0 Å². The first-order valence-electron chi connectivity index (χ1n) is 12.4. The Bertz CT molecular complexity index is 1070. The molecular formula is C27H31F2N3O3. The van der Waals surface area contributed by atoms with Crippen molar-refractivity contribution < 1.29 is 23.2 Å². The molecule has 0 radical (unpaired) electrons. The van der Waals surface area contributed by atoms with Crippen LogP contribution < -0.4 is 10.6 Å². The van der Waals surface area contributed by atoms with Gasteiger partial charge in [-0.05, 0) is 43.9 Å². The monoisotopic (exact) mass is 483 g/mol. The molecule has 0 aliphatic heterocycles. The van der Waals surface area contributed by atoms with Gasteiger partial charge in [0.1, 0.15) is 17.7 Å². The maximum atomic E-state index is 15.0. The number of nitrogens with zero attached hydrogens (tertiary/aromatic N) is 1. The molecule has 6 nitrogen and oxygen atoms in total. The number of hydrogen-bond acceptors (Lipinski definition) is 3. The Morgan fingerprint density at radius 2 is 1.40 bits per heavy atom. The highest BCUT2D eigenvalue weighted by atomic mass is 19.1. The lowest BCUT2D eigenvalue weighted by atomic mass is 9.91. The number of carbonyl (C=O) groups excluding carboxylic acids is 3. The van der Waals surface area contributed by atoms with E-state index in [1.54, 1.807) is 12.1 Å². The Kier molecular flexibility index (Phi) is 8.10. The van der Waals surface area contributed by atoms with Crippen LogP contribution in [0.4, 0.5) is 14.5 Å². The number of amides is 3. The fraction of sp³-hybridized carbons (Fsp3) is 0.444. The number of carbonyl (C=O) groups is 3.